The molecular formula is C10H18N2O3. The Morgan fingerprint density at radius 1 is 1.33 bits per heavy atom. The zero-order valence-electron chi connectivity index (χ0n) is 9.45. The molecule has 0 aliphatic carbocycles. The molecule has 1 fully saturated rings. The average molecular weight is 214 g/mol. The van der Waals surface area contributed by atoms with Crippen molar-refractivity contribution >= 4 is 12.0 Å². The predicted octanol–water partition coefficient (Wildman–Crippen LogP) is 0.599. The van der Waals surface area contributed by atoms with Gasteiger partial charge in [0.25, 0.3) is 0 Å². The molecule has 0 aromatic carbocycles. The molecule has 1 N–H and O–H groups in total. The van der Waals surface area contributed by atoms with Gasteiger partial charge in [-0.1, -0.05) is 13.8 Å². The van der Waals surface area contributed by atoms with Gasteiger partial charge >= 0.3 is 6.09 Å². The van der Waals surface area contributed by atoms with Crippen LogP contribution in [0, 0.1) is 5.92 Å². The minimum atomic E-state index is -0.553. The van der Waals surface area contributed by atoms with Gasteiger partial charge in [0.05, 0.1) is 7.11 Å². The second kappa shape index (κ2) is 5.00. The van der Waals surface area contributed by atoms with Crippen molar-refractivity contribution in [1.82, 2.24) is 10.2 Å². The molecule has 0 bridgehead atoms. The lowest BCUT2D eigenvalue weighted by atomic mass is 10.0. The zero-order chi connectivity index (χ0) is 11.4. The monoisotopic (exact) mass is 214 g/mol. The molecule has 0 radical (unpaired) electrons. The number of ether oxygens (including phenoxy) is 1. The molecule has 0 aromatic rings. The molecule has 1 heterocycles. The average Bonchev–Trinajstić information content (AvgIpc) is 2.10. The molecule has 15 heavy (non-hydrogen) atoms. The van der Waals surface area contributed by atoms with Crippen LogP contribution in [-0.4, -0.2) is 43.1 Å². The van der Waals surface area contributed by atoms with Crippen LogP contribution in [0.3, 0.4) is 0 Å². The first-order valence-corrected chi connectivity index (χ1v) is 5.19. The summed E-state index contributed by atoms with van der Waals surface area (Å²) in [5.74, 6) is 0.0545. The quantitative estimate of drug-likeness (QED) is 0.748. The third-order valence-corrected chi connectivity index (χ3v) is 2.56. The number of likely N-dealkylation sites (tertiary alicyclic amines) is 1. The summed E-state index contributed by atoms with van der Waals surface area (Å²) in [6.45, 7) is 5.40. The summed E-state index contributed by atoms with van der Waals surface area (Å²) in [5, 5.41) is 2.56. The van der Waals surface area contributed by atoms with Crippen molar-refractivity contribution in [2.75, 3.05) is 20.2 Å². The number of methoxy groups -OCH3 is 1. The highest BCUT2D eigenvalue weighted by molar-refractivity contribution is 5.86. The van der Waals surface area contributed by atoms with Crippen LogP contribution in [0.15, 0.2) is 0 Å². The molecule has 1 aliphatic heterocycles. The van der Waals surface area contributed by atoms with Gasteiger partial charge in [-0.05, 0) is 12.3 Å². The highest BCUT2D eigenvalue weighted by Crippen LogP contribution is 2.12. The largest absolute Gasteiger partial charge is 0.453 e. The Kier molecular flexibility index (Phi) is 3.94. The lowest BCUT2D eigenvalue weighted by Gasteiger charge is -2.35. The second-order valence-corrected chi connectivity index (χ2v) is 4.04. The van der Waals surface area contributed by atoms with Crippen LogP contribution in [0.4, 0.5) is 4.79 Å². The fourth-order valence-corrected chi connectivity index (χ4v) is 1.43. The van der Waals surface area contributed by atoms with E-state index in [0.29, 0.717) is 0 Å². The molecule has 1 rings (SSSR count). The number of amides is 2. The summed E-state index contributed by atoms with van der Waals surface area (Å²) in [5.41, 5.74) is 0. The molecule has 5 heteroatoms. The molecule has 1 unspecified atom stereocenters. The van der Waals surface area contributed by atoms with Crippen LogP contribution in [0.5, 0.6) is 0 Å². The highest BCUT2D eigenvalue weighted by Gasteiger charge is 2.31. The summed E-state index contributed by atoms with van der Waals surface area (Å²) in [4.78, 5) is 24.7. The number of rotatable bonds is 3. The smallest absolute Gasteiger partial charge is 0.407 e. The van der Waals surface area contributed by atoms with Gasteiger partial charge in [-0.15, -0.1) is 0 Å². The molecule has 0 spiro atoms. The number of carbonyl (C=O) groups is 2. The lowest BCUT2D eigenvalue weighted by Crippen LogP contribution is -2.55. The van der Waals surface area contributed by atoms with E-state index in [4.69, 9.17) is 0 Å². The summed E-state index contributed by atoms with van der Waals surface area (Å²) in [6.07, 6.45) is 0.497. The molecule has 2 amide bonds. The topological polar surface area (TPSA) is 58.6 Å². The van der Waals surface area contributed by atoms with Crippen LogP contribution in [0.1, 0.15) is 20.3 Å². The highest BCUT2D eigenvalue weighted by atomic mass is 16.5. The minimum absolute atomic E-state index is 0.0124. The first-order chi connectivity index (χ1) is 7.06. The third kappa shape index (κ3) is 2.84. The van der Waals surface area contributed by atoms with Gasteiger partial charge in [0, 0.05) is 13.1 Å². The van der Waals surface area contributed by atoms with Crippen molar-refractivity contribution < 1.29 is 14.3 Å². The Balaban J connectivity index is 2.56. The van der Waals surface area contributed by atoms with Crippen molar-refractivity contribution in [3.63, 3.8) is 0 Å². The van der Waals surface area contributed by atoms with E-state index in [0.717, 1.165) is 19.5 Å². The van der Waals surface area contributed by atoms with E-state index in [1.54, 1.807) is 4.90 Å². The van der Waals surface area contributed by atoms with Crippen LogP contribution in [-0.2, 0) is 9.53 Å². The molecule has 1 saturated heterocycles. The van der Waals surface area contributed by atoms with E-state index in [-0.39, 0.29) is 11.8 Å². The Hall–Kier alpha value is -1.26. The summed E-state index contributed by atoms with van der Waals surface area (Å²) in [7, 11) is 1.29. The van der Waals surface area contributed by atoms with Crippen molar-refractivity contribution in [1.29, 1.82) is 0 Å². The van der Waals surface area contributed by atoms with Crippen molar-refractivity contribution in [3.8, 4) is 0 Å². The maximum absolute atomic E-state index is 11.9. The van der Waals surface area contributed by atoms with E-state index in [1.807, 2.05) is 13.8 Å². The Labute approximate surface area is 89.8 Å². The Bertz CT molecular complexity index is 249. The molecule has 0 aromatic heterocycles. The maximum Gasteiger partial charge on any atom is 0.407 e. The van der Waals surface area contributed by atoms with E-state index >= 15 is 0 Å². The van der Waals surface area contributed by atoms with Gasteiger partial charge in [-0.25, -0.2) is 4.79 Å². The van der Waals surface area contributed by atoms with Gasteiger partial charge in [0.15, 0.2) is 0 Å². The number of carbonyl (C=O) groups excluding carboxylic acids is 2. The Morgan fingerprint density at radius 3 is 2.27 bits per heavy atom. The number of hydrogen-bond donors (Lipinski definition) is 1. The van der Waals surface area contributed by atoms with Crippen molar-refractivity contribution in [2.24, 2.45) is 5.92 Å². The summed E-state index contributed by atoms with van der Waals surface area (Å²) >= 11 is 0. The van der Waals surface area contributed by atoms with E-state index in [9.17, 15) is 9.59 Å². The van der Waals surface area contributed by atoms with E-state index in [1.165, 1.54) is 7.11 Å². The van der Waals surface area contributed by atoms with Crippen LogP contribution in [0.2, 0.25) is 0 Å². The summed E-state index contributed by atoms with van der Waals surface area (Å²) < 4.78 is 4.49. The normalized spacial score (nSPS) is 16.9. The predicted molar refractivity (Wildman–Crippen MR) is 55.4 cm³/mol. The van der Waals surface area contributed by atoms with E-state index in [2.05, 4.69) is 10.1 Å². The third-order valence-electron chi connectivity index (χ3n) is 2.56. The van der Waals surface area contributed by atoms with Gasteiger partial charge < -0.3 is 15.0 Å². The van der Waals surface area contributed by atoms with E-state index < -0.39 is 12.1 Å². The first kappa shape index (κ1) is 11.8. The number of nitrogens with zero attached hydrogens (tertiary/aromatic N) is 1. The molecule has 1 atom stereocenters. The number of alkyl carbamates (subject to hydrolysis) is 1. The summed E-state index contributed by atoms with van der Waals surface area (Å²) in [6, 6.07) is -0.474. The second-order valence-electron chi connectivity index (χ2n) is 4.04. The SMILES string of the molecule is COC(=O)NC(C(=O)N1CCC1)C(C)C. The Morgan fingerprint density at radius 2 is 1.93 bits per heavy atom. The number of nitrogens with one attached hydrogen (secondary N) is 1. The molecule has 86 valence electrons. The van der Waals surface area contributed by atoms with Crippen LogP contribution in [0.25, 0.3) is 0 Å². The zero-order valence-corrected chi connectivity index (χ0v) is 9.45. The molecular weight excluding hydrogens is 196 g/mol. The van der Waals surface area contributed by atoms with Gasteiger partial charge in [-0.2, -0.15) is 0 Å². The van der Waals surface area contributed by atoms with Gasteiger partial charge in [0.2, 0.25) is 5.91 Å². The first-order valence-electron chi connectivity index (χ1n) is 5.19. The van der Waals surface area contributed by atoms with Crippen LogP contribution < -0.4 is 5.32 Å². The lowest BCUT2D eigenvalue weighted by molar-refractivity contribution is -0.137. The van der Waals surface area contributed by atoms with Crippen molar-refractivity contribution in [2.45, 2.75) is 26.3 Å². The molecule has 1 aliphatic rings. The number of hydrogen-bond acceptors (Lipinski definition) is 3. The van der Waals surface area contributed by atoms with Gasteiger partial charge in [0.1, 0.15) is 6.04 Å². The fraction of sp³-hybridized carbons (Fsp3) is 0.800. The fourth-order valence-electron chi connectivity index (χ4n) is 1.43. The molecule has 0 saturated carbocycles. The van der Waals surface area contributed by atoms with Crippen molar-refractivity contribution in [3.05, 3.63) is 0 Å². The standard InChI is InChI=1S/C10H18N2O3/c1-7(2)8(11-10(14)15-3)9(13)12-5-4-6-12/h7-8H,4-6H2,1-3H3,(H,11,14). The maximum atomic E-state index is 11.9. The van der Waals surface area contributed by atoms with Crippen LogP contribution >= 0.6 is 0 Å². The van der Waals surface area contributed by atoms with Gasteiger partial charge in [-0.3, -0.25) is 4.79 Å². The minimum Gasteiger partial charge on any atom is -0.453 e. The molecule has 5 nitrogen and oxygen atoms in total.